The fourth-order valence-electron chi connectivity index (χ4n) is 1.25. The molecule has 1 rings (SSSR count). The van der Waals surface area contributed by atoms with E-state index < -0.39 is 17.7 Å². The number of nitrogens with zero attached hydrogens (tertiary/aromatic N) is 1. The number of carboxylic acids is 1. The van der Waals surface area contributed by atoms with Crippen LogP contribution in [0.3, 0.4) is 0 Å². The summed E-state index contributed by atoms with van der Waals surface area (Å²) in [6.07, 6.45) is 0.819. The van der Waals surface area contributed by atoms with Gasteiger partial charge in [0.05, 0.1) is 12.1 Å². The zero-order chi connectivity index (χ0) is 15.0. The number of nitriles is 1. The number of aliphatic carboxylic acids is 1. The van der Waals surface area contributed by atoms with Crippen molar-refractivity contribution in [2.75, 3.05) is 11.9 Å². The van der Waals surface area contributed by atoms with Crippen LogP contribution in [0.15, 0.2) is 36.0 Å². The van der Waals surface area contributed by atoms with Gasteiger partial charge in [0, 0.05) is 12.7 Å². The standard InChI is InChI=1S/C13H12FN3O3/c14-10-3-1-2-4-11(10)17-8-9(7-15)13(20)16-6-5-12(18)19/h1-4,8,17H,5-6H2,(H,16,20)(H,18,19)/b9-8-. The lowest BCUT2D eigenvalue weighted by Gasteiger charge is -2.04. The molecule has 0 aliphatic rings. The Labute approximate surface area is 114 Å². The van der Waals surface area contributed by atoms with Gasteiger partial charge in [-0.3, -0.25) is 9.59 Å². The minimum Gasteiger partial charge on any atom is -0.481 e. The molecule has 1 amide bonds. The molecule has 0 radical (unpaired) electrons. The number of amides is 1. The lowest BCUT2D eigenvalue weighted by atomic mass is 10.2. The van der Waals surface area contributed by atoms with Crippen LogP contribution < -0.4 is 10.6 Å². The van der Waals surface area contributed by atoms with E-state index in [0.717, 1.165) is 6.20 Å². The molecule has 0 bridgehead atoms. The van der Waals surface area contributed by atoms with Crippen LogP contribution in [-0.4, -0.2) is 23.5 Å². The molecule has 3 N–H and O–H groups in total. The number of para-hydroxylation sites is 1. The summed E-state index contributed by atoms with van der Waals surface area (Å²) in [7, 11) is 0. The summed E-state index contributed by atoms with van der Waals surface area (Å²) in [4.78, 5) is 21.8. The summed E-state index contributed by atoms with van der Waals surface area (Å²) < 4.78 is 13.3. The van der Waals surface area contributed by atoms with E-state index in [0.29, 0.717) is 0 Å². The van der Waals surface area contributed by atoms with Crippen LogP contribution >= 0.6 is 0 Å². The second-order valence-corrected chi connectivity index (χ2v) is 3.69. The lowest BCUT2D eigenvalue weighted by Crippen LogP contribution is -2.27. The first-order valence-corrected chi connectivity index (χ1v) is 5.66. The average Bonchev–Trinajstić information content (AvgIpc) is 2.41. The Bertz CT molecular complexity index is 578. The first kappa shape index (κ1) is 15.2. The van der Waals surface area contributed by atoms with Crippen molar-refractivity contribution in [3.8, 4) is 6.07 Å². The molecule has 6 nitrogen and oxygen atoms in total. The lowest BCUT2D eigenvalue weighted by molar-refractivity contribution is -0.136. The van der Waals surface area contributed by atoms with Crippen molar-refractivity contribution in [2.45, 2.75) is 6.42 Å². The fraction of sp³-hybridized carbons (Fsp3) is 0.154. The van der Waals surface area contributed by atoms with E-state index in [4.69, 9.17) is 10.4 Å². The smallest absolute Gasteiger partial charge is 0.305 e. The number of carboxylic acid groups (broad SMARTS) is 1. The van der Waals surface area contributed by atoms with Gasteiger partial charge in [-0.15, -0.1) is 0 Å². The molecule has 0 saturated carbocycles. The van der Waals surface area contributed by atoms with E-state index in [1.165, 1.54) is 18.2 Å². The van der Waals surface area contributed by atoms with Crippen LogP contribution in [0.1, 0.15) is 6.42 Å². The Morgan fingerprint density at radius 2 is 2.10 bits per heavy atom. The first-order chi connectivity index (χ1) is 9.54. The van der Waals surface area contributed by atoms with Crippen LogP contribution in [-0.2, 0) is 9.59 Å². The third-order valence-electron chi connectivity index (χ3n) is 2.24. The normalized spacial score (nSPS) is 10.5. The first-order valence-electron chi connectivity index (χ1n) is 5.66. The SMILES string of the molecule is N#C/C(=C/Nc1ccccc1F)C(=O)NCCC(=O)O. The number of anilines is 1. The monoisotopic (exact) mass is 277 g/mol. The average molecular weight is 277 g/mol. The van der Waals surface area contributed by atoms with Gasteiger partial charge in [0.1, 0.15) is 17.5 Å². The Morgan fingerprint density at radius 3 is 2.70 bits per heavy atom. The van der Waals surface area contributed by atoms with E-state index in [-0.39, 0.29) is 24.2 Å². The highest BCUT2D eigenvalue weighted by atomic mass is 19.1. The van der Waals surface area contributed by atoms with Crippen LogP contribution in [0.4, 0.5) is 10.1 Å². The number of rotatable bonds is 6. The van der Waals surface area contributed by atoms with Gasteiger partial charge in [0.15, 0.2) is 0 Å². The van der Waals surface area contributed by atoms with Gasteiger partial charge < -0.3 is 15.7 Å². The molecule has 0 heterocycles. The minimum atomic E-state index is -1.06. The maximum absolute atomic E-state index is 13.3. The van der Waals surface area contributed by atoms with Crippen molar-refractivity contribution in [2.24, 2.45) is 0 Å². The van der Waals surface area contributed by atoms with E-state index in [1.807, 2.05) is 0 Å². The second kappa shape index (κ2) is 7.53. The summed E-state index contributed by atoms with van der Waals surface area (Å²) in [5, 5.41) is 22.0. The number of hydrogen-bond donors (Lipinski definition) is 3. The molecule has 0 saturated heterocycles. The van der Waals surface area contributed by atoms with Gasteiger partial charge in [0.25, 0.3) is 5.91 Å². The summed E-state index contributed by atoms with van der Waals surface area (Å²) in [6, 6.07) is 7.43. The number of carbonyl (C=O) groups excluding carboxylic acids is 1. The van der Waals surface area contributed by atoms with Gasteiger partial charge in [0.2, 0.25) is 0 Å². The zero-order valence-electron chi connectivity index (χ0n) is 10.4. The highest BCUT2D eigenvalue weighted by Crippen LogP contribution is 2.12. The third kappa shape index (κ3) is 4.78. The molecular formula is C13H12FN3O3. The molecule has 0 aliphatic heterocycles. The largest absolute Gasteiger partial charge is 0.481 e. The molecule has 20 heavy (non-hydrogen) atoms. The minimum absolute atomic E-state index is 0.0904. The van der Waals surface area contributed by atoms with Crippen LogP contribution in [0.5, 0.6) is 0 Å². The Morgan fingerprint density at radius 1 is 1.40 bits per heavy atom. The number of carbonyl (C=O) groups is 2. The molecule has 7 heteroatoms. The summed E-state index contributed by atoms with van der Waals surface area (Å²) >= 11 is 0. The van der Waals surface area contributed by atoms with E-state index >= 15 is 0 Å². The van der Waals surface area contributed by atoms with Crippen LogP contribution in [0.25, 0.3) is 0 Å². The van der Waals surface area contributed by atoms with Crippen molar-refractivity contribution in [1.29, 1.82) is 5.26 Å². The van der Waals surface area contributed by atoms with Crippen LogP contribution in [0.2, 0.25) is 0 Å². The van der Waals surface area contributed by atoms with Crippen molar-refractivity contribution in [3.63, 3.8) is 0 Å². The highest BCUT2D eigenvalue weighted by Gasteiger charge is 2.09. The van der Waals surface area contributed by atoms with Crippen molar-refractivity contribution >= 4 is 17.6 Å². The van der Waals surface area contributed by atoms with Crippen molar-refractivity contribution in [1.82, 2.24) is 5.32 Å². The zero-order valence-corrected chi connectivity index (χ0v) is 10.4. The Kier molecular flexibility index (Phi) is 5.72. The van der Waals surface area contributed by atoms with E-state index in [1.54, 1.807) is 12.1 Å². The predicted molar refractivity (Wildman–Crippen MR) is 69.0 cm³/mol. The van der Waals surface area contributed by atoms with Gasteiger partial charge in [-0.2, -0.15) is 5.26 Å². The van der Waals surface area contributed by atoms with Gasteiger partial charge >= 0.3 is 5.97 Å². The maximum atomic E-state index is 13.3. The molecule has 0 aromatic heterocycles. The van der Waals surface area contributed by atoms with E-state index in [2.05, 4.69) is 10.6 Å². The fourth-order valence-corrected chi connectivity index (χ4v) is 1.25. The molecule has 0 atom stereocenters. The van der Waals surface area contributed by atoms with Gasteiger partial charge in [-0.1, -0.05) is 12.1 Å². The van der Waals surface area contributed by atoms with Gasteiger partial charge in [-0.05, 0) is 12.1 Å². The summed E-state index contributed by atoms with van der Waals surface area (Å²) in [5.74, 6) is -2.30. The number of halogens is 1. The van der Waals surface area contributed by atoms with Crippen molar-refractivity contribution in [3.05, 3.63) is 41.9 Å². The summed E-state index contributed by atoms with van der Waals surface area (Å²) in [5.41, 5.74) is -0.155. The quantitative estimate of drug-likeness (QED) is 0.536. The molecule has 1 aromatic carbocycles. The molecule has 1 aromatic rings. The Balaban J connectivity index is 2.64. The molecule has 104 valence electrons. The third-order valence-corrected chi connectivity index (χ3v) is 2.24. The Hall–Kier alpha value is -2.88. The second-order valence-electron chi connectivity index (χ2n) is 3.69. The number of benzene rings is 1. The van der Waals surface area contributed by atoms with Crippen LogP contribution in [0, 0.1) is 17.1 Å². The van der Waals surface area contributed by atoms with Crippen molar-refractivity contribution < 1.29 is 19.1 Å². The number of hydrogen-bond acceptors (Lipinski definition) is 4. The maximum Gasteiger partial charge on any atom is 0.305 e. The molecule has 0 unspecified atom stereocenters. The molecular weight excluding hydrogens is 265 g/mol. The van der Waals surface area contributed by atoms with Gasteiger partial charge in [-0.25, -0.2) is 4.39 Å². The molecule has 0 fully saturated rings. The highest BCUT2D eigenvalue weighted by molar-refractivity contribution is 5.97. The predicted octanol–water partition coefficient (Wildman–Crippen LogP) is 1.24. The number of nitrogens with one attached hydrogen (secondary N) is 2. The topological polar surface area (TPSA) is 102 Å². The molecule has 0 spiro atoms. The molecule has 0 aliphatic carbocycles. The van der Waals surface area contributed by atoms with E-state index in [9.17, 15) is 14.0 Å². The summed E-state index contributed by atoms with van der Waals surface area (Å²) in [6.45, 7) is -0.0904.